The third-order valence-corrected chi connectivity index (χ3v) is 6.54. The van der Waals surface area contributed by atoms with Crippen molar-refractivity contribution in [3.63, 3.8) is 0 Å². The molecule has 0 bridgehead atoms. The fourth-order valence-electron chi connectivity index (χ4n) is 5.33. The van der Waals surface area contributed by atoms with Crippen molar-refractivity contribution in [3.8, 4) is 0 Å². The fourth-order valence-corrected chi connectivity index (χ4v) is 5.33. The van der Waals surface area contributed by atoms with Crippen molar-refractivity contribution < 1.29 is 14.3 Å². The molecule has 0 aromatic heterocycles. The van der Waals surface area contributed by atoms with Crippen LogP contribution in [-0.4, -0.2) is 12.3 Å². The Labute approximate surface area is 152 Å². The molecule has 0 aromatic rings. The van der Waals surface area contributed by atoms with Crippen LogP contribution in [0.1, 0.15) is 66.2 Å². The molecule has 3 atom stereocenters. The number of hydrogen-bond donors (Lipinski definition) is 0. The van der Waals surface area contributed by atoms with Crippen molar-refractivity contribution in [2.45, 2.75) is 66.2 Å². The molecular weight excluding hydrogens is 312 g/mol. The molecule has 3 heteroatoms. The maximum Gasteiger partial charge on any atom is 0.307 e. The van der Waals surface area contributed by atoms with E-state index in [9.17, 15) is 9.59 Å². The fraction of sp³-hybridized carbons (Fsp3) is 0.636. The minimum absolute atomic E-state index is 0.251. The molecule has 0 N–H and O–H groups in total. The van der Waals surface area contributed by atoms with Gasteiger partial charge >= 0.3 is 5.97 Å². The number of aldehydes is 1. The van der Waals surface area contributed by atoms with E-state index in [2.05, 4.69) is 27.4 Å². The van der Waals surface area contributed by atoms with Crippen LogP contribution in [0, 0.1) is 22.7 Å². The molecule has 0 spiro atoms. The molecule has 3 nitrogen and oxygen atoms in total. The van der Waals surface area contributed by atoms with Gasteiger partial charge < -0.3 is 4.74 Å². The summed E-state index contributed by atoms with van der Waals surface area (Å²) in [5, 5.41) is 0. The third-order valence-electron chi connectivity index (χ3n) is 6.54. The van der Waals surface area contributed by atoms with Gasteiger partial charge in [0, 0.05) is 12.5 Å². The van der Waals surface area contributed by atoms with E-state index in [1.54, 1.807) is 6.08 Å². The molecular formula is C22H32O3. The zero-order valence-electron chi connectivity index (χ0n) is 16.1. The lowest BCUT2D eigenvalue weighted by atomic mass is 9.47. The molecule has 2 rings (SSSR count). The first-order valence-electron chi connectivity index (χ1n) is 9.37. The van der Waals surface area contributed by atoms with Crippen molar-refractivity contribution in [2.75, 3.05) is 0 Å². The van der Waals surface area contributed by atoms with Crippen molar-refractivity contribution in [1.82, 2.24) is 0 Å². The molecule has 2 fully saturated rings. The molecule has 2 saturated carbocycles. The van der Waals surface area contributed by atoms with Crippen molar-refractivity contribution in [2.24, 2.45) is 22.7 Å². The lowest BCUT2D eigenvalue weighted by Crippen LogP contribution is -2.49. The summed E-state index contributed by atoms with van der Waals surface area (Å²) in [7, 11) is 0. The summed E-state index contributed by atoms with van der Waals surface area (Å²) in [5.41, 5.74) is 2.50. The Balaban J connectivity index is 2.19. The third kappa shape index (κ3) is 4.31. The van der Waals surface area contributed by atoms with Gasteiger partial charge in [-0.1, -0.05) is 45.4 Å². The molecule has 2 aliphatic rings. The second kappa shape index (κ2) is 7.72. The highest BCUT2D eigenvalue weighted by Gasteiger charge is 2.52. The van der Waals surface area contributed by atoms with Crippen LogP contribution in [0.3, 0.4) is 0 Å². The van der Waals surface area contributed by atoms with Gasteiger partial charge in [-0.05, 0) is 60.8 Å². The maximum atomic E-state index is 11.3. The second-order valence-corrected chi connectivity index (χ2v) is 8.62. The predicted molar refractivity (Wildman–Crippen MR) is 101 cm³/mol. The van der Waals surface area contributed by atoms with E-state index in [0.717, 1.165) is 19.1 Å². The quantitative estimate of drug-likeness (QED) is 0.168. The van der Waals surface area contributed by atoms with Crippen LogP contribution in [0.15, 0.2) is 36.1 Å². The summed E-state index contributed by atoms with van der Waals surface area (Å²) >= 11 is 0. The van der Waals surface area contributed by atoms with E-state index in [-0.39, 0.29) is 11.4 Å². The molecule has 2 aliphatic carbocycles. The van der Waals surface area contributed by atoms with E-state index >= 15 is 0 Å². The first kappa shape index (κ1) is 19.7. The average molecular weight is 344 g/mol. The number of hydrogen-bond acceptors (Lipinski definition) is 3. The van der Waals surface area contributed by atoms with Crippen LogP contribution in [0.5, 0.6) is 0 Å². The predicted octanol–water partition coefficient (Wildman–Crippen LogP) is 5.38. The van der Waals surface area contributed by atoms with Crippen LogP contribution < -0.4 is 0 Å². The Bertz CT molecular complexity index is 596. The van der Waals surface area contributed by atoms with E-state index in [4.69, 9.17) is 4.74 Å². The lowest BCUT2D eigenvalue weighted by Gasteiger charge is -2.58. The van der Waals surface area contributed by atoms with Gasteiger partial charge in [0.2, 0.25) is 0 Å². The highest BCUT2D eigenvalue weighted by molar-refractivity contribution is 5.77. The molecule has 0 radical (unpaired) electrons. The maximum absolute atomic E-state index is 11.3. The van der Waals surface area contributed by atoms with E-state index in [0.29, 0.717) is 22.8 Å². The largest absolute Gasteiger partial charge is 0.435 e. The van der Waals surface area contributed by atoms with Gasteiger partial charge in [0.25, 0.3) is 0 Å². The monoisotopic (exact) mass is 344 g/mol. The molecule has 0 aliphatic heterocycles. The summed E-state index contributed by atoms with van der Waals surface area (Å²) < 4.78 is 4.78. The van der Waals surface area contributed by atoms with Crippen LogP contribution in [-0.2, 0) is 14.3 Å². The number of rotatable bonds is 5. The SMILES string of the molecule is C=C1CCC2C(C)(C)CCCC2(C)C1CC=C(C=O)C=COC(C)=O. The average Bonchev–Trinajstić information content (AvgIpc) is 2.51. The number of carbonyl (C=O) groups excluding carboxylic acids is 2. The van der Waals surface area contributed by atoms with E-state index < -0.39 is 0 Å². The summed E-state index contributed by atoms with van der Waals surface area (Å²) in [6.07, 6.45) is 12.6. The van der Waals surface area contributed by atoms with Gasteiger partial charge in [-0.15, -0.1) is 0 Å². The number of esters is 1. The smallest absolute Gasteiger partial charge is 0.307 e. The number of fused-ring (bicyclic) bond motifs is 1. The van der Waals surface area contributed by atoms with Gasteiger partial charge in [0.15, 0.2) is 0 Å². The van der Waals surface area contributed by atoms with Crippen LogP contribution in [0.4, 0.5) is 0 Å². The van der Waals surface area contributed by atoms with E-state index in [1.165, 1.54) is 44.4 Å². The van der Waals surface area contributed by atoms with Gasteiger partial charge in [0.1, 0.15) is 6.29 Å². The Morgan fingerprint density at radius 2 is 2.04 bits per heavy atom. The highest BCUT2D eigenvalue weighted by atomic mass is 16.5. The first-order chi connectivity index (χ1) is 11.7. The van der Waals surface area contributed by atoms with Gasteiger partial charge in [-0.2, -0.15) is 0 Å². The Morgan fingerprint density at radius 3 is 2.68 bits per heavy atom. The summed E-state index contributed by atoms with van der Waals surface area (Å²) in [4.78, 5) is 22.1. The summed E-state index contributed by atoms with van der Waals surface area (Å²) in [5.74, 6) is 0.721. The van der Waals surface area contributed by atoms with Gasteiger partial charge in [-0.3, -0.25) is 9.59 Å². The second-order valence-electron chi connectivity index (χ2n) is 8.62. The topological polar surface area (TPSA) is 43.4 Å². The summed E-state index contributed by atoms with van der Waals surface area (Å²) in [6, 6.07) is 0. The highest BCUT2D eigenvalue weighted by Crippen LogP contribution is 2.61. The first-order valence-corrected chi connectivity index (χ1v) is 9.37. The minimum atomic E-state index is -0.387. The molecule has 0 saturated heterocycles. The Hall–Kier alpha value is -1.64. The molecule has 0 aromatic carbocycles. The molecule has 138 valence electrons. The zero-order chi connectivity index (χ0) is 18.7. The molecule has 25 heavy (non-hydrogen) atoms. The lowest BCUT2D eigenvalue weighted by molar-refractivity contribution is -0.135. The Morgan fingerprint density at radius 1 is 1.32 bits per heavy atom. The van der Waals surface area contributed by atoms with Crippen molar-refractivity contribution in [1.29, 1.82) is 0 Å². The number of carbonyl (C=O) groups is 2. The van der Waals surface area contributed by atoms with Crippen LogP contribution >= 0.6 is 0 Å². The van der Waals surface area contributed by atoms with Gasteiger partial charge in [-0.25, -0.2) is 0 Å². The van der Waals surface area contributed by atoms with Crippen molar-refractivity contribution in [3.05, 3.63) is 36.1 Å². The van der Waals surface area contributed by atoms with E-state index in [1.807, 2.05) is 6.08 Å². The number of allylic oxidation sites excluding steroid dienone is 4. The van der Waals surface area contributed by atoms with Crippen LogP contribution in [0.2, 0.25) is 0 Å². The molecule has 0 heterocycles. The zero-order valence-corrected chi connectivity index (χ0v) is 16.1. The van der Waals surface area contributed by atoms with Gasteiger partial charge in [0.05, 0.1) is 6.26 Å². The normalized spacial score (nSPS) is 32.3. The Kier molecular flexibility index (Phi) is 6.08. The summed E-state index contributed by atoms with van der Waals surface area (Å²) in [6.45, 7) is 13.0. The molecule has 0 amide bonds. The number of ether oxygens (including phenoxy) is 1. The molecule has 3 unspecified atom stereocenters. The van der Waals surface area contributed by atoms with Crippen LogP contribution in [0.25, 0.3) is 0 Å². The standard InChI is InChI=1S/C22H32O3/c1-16-7-10-20-21(3,4)12-6-13-22(20,5)19(16)9-8-18(15-23)11-14-25-17(2)24/h8,11,14-15,19-20H,1,6-7,9-10,12-13H2,2-5H3. The minimum Gasteiger partial charge on any atom is -0.435 e. The van der Waals surface area contributed by atoms with Crippen molar-refractivity contribution >= 4 is 12.3 Å².